The number of aryl methyl sites for hydroxylation is 1. The molecule has 2 nitrogen and oxygen atoms in total. The average molecular weight is 218 g/mol. The van der Waals surface area contributed by atoms with Crippen molar-refractivity contribution < 1.29 is 0 Å². The van der Waals surface area contributed by atoms with Crippen LogP contribution in [0.25, 0.3) is 0 Å². The van der Waals surface area contributed by atoms with Gasteiger partial charge in [-0.05, 0) is 49.9 Å². The third kappa shape index (κ3) is 2.45. The number of hydrogen-bond donors (Lipinski definition) is 1. The summed E-state index contributed by atoms with van der Waals surface area (Å²) in [6, 6.07) is 7.56. The summed E-state index contributed by atoms with van der Waals surface area (Å²) in [5.74, 6) is 0. The zero-order valence-electron chi connectivity index (χ0n) is 10.4. The highest BCUT2D eigenvalue weighted by molar-refractivity contribution is 5.35. The van der Waals surface area contributed by atoms with E-state index in [1.807, 2.05) is 0 Å². The first-order valence-electron chi connectivity index (χ1n) is 6.25. The molecule has 88 valence electrons. The van der Waals surface area contributed by atoms with Gasteiger partial charge in [0, 0.05) is 19.1 Å². The third-order valence-corrected chi connectivity index (χ3v) is 3.42. The van der Waals surface area contributed by atoms with E-state index in [0.717, 1.165) is 32.5 Å². The third-order valence-electron chi connectivity index (χ3n) is 3.42. The summed E-state index contributed by atoms with van der Waals surface area (Å²) < 4.78 is 0. The summed E-state index contributed by atoms with van der Waals surface area (Å²) in [6.07, 6.45) is 2.21. The molecule has 1 aromatic rings. The first kappa shape index (κ1) is 11.6. The van der Waals surface area contributed by atoms with E-state index >= 15 is 0 Å². The summed E-state index contributed by atoms with van der Waals surface area (Å²) in [4.78, 5) is 2.51. The molecule has 1 aliphatic rings. The quantitative estimate of drug-likeness (QED) is 0.840. The van der Waals surface area contributed by atoms with Crippen molar-refractivity contribution >= 4 is 0 Å². The molecule has 0 saturated carbocycles. The van der Waals surface area contributed by atoms with Crippen molar-refractivity contribution in [1.82, 2.24) is 4.90 Å². The van der Waals surface area contributed by atoms with E-state index in [-0.39, 0.29) is 0 Å². The molecule has 2 rings (SSSR count). The fourth-order valence-corrected chi connectivity index (χ4v) is 2.30. The van der Waals surface area contributed by atoms with Crippen molar-refractivity contribution in [3.63, 3.8) is 0 Å². The van der Waals surface area contributed by atoms with Gasteiger partial charge in [0.25, 0.3) is 0 Å². The van der Waals surface area contributed by atoms with Crippen molar-refractivity contribution in [2.75, 3.05) is 6.54 Å². The fourth-order valence-electron chi connectivity index (χ4n) is 2.30. The van der Waals surface area contributed by atoms with Crippen LogP contribution in [0.2, 0.25) is 0 Å². The predicted molar refractivity (Wildman–Crippen MR) is 68.2 cm³/mol. The molecule has 0 unspecified atom stereocenters. The lowest BCUT2D eigenvalue weighted by atomic mass is 10.0. The lowest BCUT2D eigenvalue weighted by molar-refractivity contribution is 0.227. The Kier molecular flexibility index (Phi) is 3.62. The van der Waals surface area contributed by atoms with Crippen LogP contribution in [0.1, 0.15) is 37.0 Å². The summed E-state index contributed by atoms with van der Waals surface area (Å²) in [6.45, 7) is 7.55. The number of nitrogens with zero attached hydrogens (tertiary/aromatic N) is 1. The SMILES string of the molecule is CC(C)N1Cc2ccc(CCCN)cc2C1. The lowest BCUT2D eigenvalue weighted by Gasteiger charge is -2.18. The molecule has 0 amide bonds. The van der Waals surface area contributed by atoms with Gasteiger partial charge in [-0.15, -0.1) is 0 Å². The second-order valence-corrected chi connectivity index (χ2v) is 4.99. The number of nitrogens with two attached hydrogens (primary N) is 1. The fraction of sp³-hybridized carbons (Fsp3) is 0.571. The van der Waals surface area contributed by atoms with Crippen LogP contribution in [0.15, 0.2) is 18.2 Å². The summed E-state index contributed by atoms with van der Waals surface area (Å²) in [5, 5.41) is 0. The maximum atomic E-state index is 5.54. The second kappa shape index (κ2) is 4.98. The Labute approximate surface area is 98.4 Å². The summed E-state index contributed by atoms with van der Waals surface area (Å²) >= 11 is 0. The minimum atomic E-state index is 0.639. The molecule has 1 heterocycles. The molecule has 0 radical (unpaired) electrons. The van der Waals surface area contributed by atoms with Crippen LogP contribution in [0.3, 0.4) is 0 Å². The van der Waals surface area contributed by atoms with Crippen LogP contribution in [0, 0.1) is 0 Å². The van der Waals surface area contributed by atoms with Crippen molar-refractivity contribution in [3.05, 3.63) is 34.9 Å². The Morgan fingerprint density at radius 3 is 2.69 bits per heavy atom. The summed E-state index contributed by atoms with van der Waals surface area (Å²) in [5.41, 5.74) is 10.0. The molecule has 1 aromatic carbocycles. The number of hydrogen-bond acceptors (Lipinski definition) is 2. The van der Waals surface area contributed by atoms with Gasteiger partial charge in [-0.3, -0.25) is 4.90 Å². The molecule has 0 spiro atoms. The van der Waals surface area contributed by atoms with Crippen molar-refractivity contribution in [3.8, 4) is 0 Å². The van der Waals surface area contributed by atoms with Crippen LogP contribution in [0.4, 0.5) is 0 Å². The molecule has 0 aliphatic carbocycles. The molecule has 0 atom stereocenters. The first-order valence-corrected chi connectivity index (χ1v) is 6.25. The minimum absolute atomic E-state index is 0.639. The maximum Gasteiger partial charge on any atom is 0.0243 e. The van der Waals surface area contributed by atoms with E-state index in [9.17, 15) is 0 Å². The van der Waals surface area contributed by atoms with E-state index in [4.69, 9.17) is 5.73 Å². The molecule has 0 fully saturated rings. The molecule has 0 aromatic heterocycles. The maximum absolute atomic E-state index is 5.54. The van der Waals surface area contributed by atoms with Gasteiger partial charge in [0.2, 0.25) is 0 Å². The highest BCUT2D eigenvalue weighted by Crippen LogP contribution is 2.25. The predicted octanol–water partition coefficient (Wildman–Crippen LogP) is 2.30. The molecule has 16 heavy (non-hydrogen) atoms. The smallest absolute Gasteiger partial charge is 0.0243 e. The molecular formula is C14H22N2. The zero-order valence-corrected chi connectivity index (χ0v) is 10.4. The normalized spacial score (nSPS) is 15.8. The second-order valence-electron chi connectivity index (χ2n) is 4.99. The molecule has 0 bridgehead atoms. The topological polar surface area (TPSA) is 29.3 Å². The molecule has 0 saturated heterocycles. The van der Waals surface area contributed by atoms with Crippen molar-refractivity contribution in [1.29, 1.82) is 0 Å². The Bertz CT molecular complexity index is 358. The zero-order chi connectivity index (χ0) is 11.5. The number of fused-ring (bicyclic) bond motifs is 1. The van der Waals surface area contributed by atoms with E-state index in [1.165, 1.54) is 16.7 Å². The van der Waals surface area contributed by atoms with Gasteiger partial charge in [-0.1, -0.05) is 18.2 Å². The van der Waals surface area contributed by atoms with Crippen LogP contribution in [-0.4, -0.2) is 17.5 Å². The lowest BCUT2D eigenvalue weighted by Crippen LogP contribution is -2.24. The van der Waals surface area contributed by atoms with E-state index in [0.29, 0.717) is 6.04 Å². The number of rotatable bonds is 4. The average Bonchev–Trinajstić information content (AvgIpc) is 2.69. The monoisotopic (exact) mass is 218 g/mol. The largest absolute Gasteiger partial charge is 0.330 e. The van der Waals surface area contributed by atoms with E-state index in [2.05, 4.69) is 36.9 Å². The first-order chi connectivity index (χ1) is 7.70. The van der Waals surface area contributed by atoms with Crippen molar-refractivity contribution in [2.24, 2.45) is 5.73 Å². The van der Waals surface area contributed by atoms with E-state index < -0.39 is 0 Å². The van der Waals surface area contributed by atoms with Gasteiger partial charge in [-0.2, -0.15) is 0 Å². The minimum Gasteiger partial charge on any atom is -0.330 e. The van der Waals surface area contributed by atoms with Gasteiger partial charge in [-0.25, -0.2) is 0 Å². The van der Waals surface area contributed by atoms with Crippen molar-refractivity contribution in [2.45, 2.75) is 45.8 Å². The Balaban J connectivity index is 2.08. The van der Waals surface area contributed by atoms with Crippen LogP contribution in [0.5, 0.6) is 0 Å². The van der Waals surface area contributed by atoms with Gasteiger partial charge in [0.1, 0.15) is 0 Å². The summed E-state index contributed by atoms with van der Waals surface area (Å²) in [7, 11) is 0. The molecule has 2 heteroatoms. The molecule has 2 N–H and O–H groups in total. The Morgan fingerprint density at radius 2 is 2.00 bits per heavy atom. The highest BCUT2D eigenvalue weighted by Gasteiger charge is 2.20. The van der Waals surface area contributed by atoms with Gasteiger partial charge in [0.15, 0.2) is 0 Å². The van der Waals surface area contributed by atoms with Gasteiger partial charge < -0.3 is 5.73 Å². The van der Waals surface area contributed by atoms with Crippen LogP contribution in [-0.2, 0) is 19.5 Å². The van der Waals surface area contributed by atoms with Crippen LogP contribution < -0.4 is 5.73 Å². The Morgan fingerprint density at radius 1 is 1.25 bits per heavy atom. The standard InChI is InChI=1S/C14H22N2/c1-11(2)16-9-13-6-5-12(4-3-7-15)8-14(13)10-16/h5-6,8,11H,3-4,7,9-10,15H2,1-2H3. The molecule has 1 aliphatic heterocycles. The Hall–Kier alpha value is -0.860. The number of benzene rings is 1. The van der Waals surface area contributed by atoms with Gasteiger partial charge >= 0.3 is 0 Å². The molecular weight excluding hydrogens is 196 g/mol. The highest BCUT2D eigenvalue weighted by atomic mass is 15.2. The van der Waals surface area contributed by atoms with E-state index in [1.54, 1.807) is 0 Å². The van der Waals surface area contributed by atoms with Gasteiger partial charge in [0.05, 0.1) is 0 Å². The van der Waals surface area contributed by atoms with Crippen LogP contribution >= 0.6 is 0 Å².